The van der Waals surface area contributed by atoms with Crippen LogP contribution in [-0.2, 0) is 6.54 Å². The highest BCUT2D eigenvalue weighted by Gasteiger charge is 2.23. The summed E-state index contributed by atoms with van der Waals surface area (Å²) in [6, 6.07) is 0. The van der Waals surface area contributed by atoms with Crippen LogP contribution in [0.3, 0.4) is 0 Å². The van der Waals surface area contributed by atoms with Crippen molar-refractivity contribution in [1.82, 2.24) is 9.78 Å². The predicted molar refractivity (Wildman–Crippen MR) is 75.6 cm³/mol. The zero-order chi connectivity index (χ0) is 13.8. The third-order valence-electron chi connectivity index (χ3n) is 3.89. The molecule has 1 fully saturated rings. The largest absolute Gasteiger partial charge is 0.394 e. The molecule has 5 nitrogen and oxygen atoms in total. The van der Waals surface area contributed by atoms with Gasteiger partial charge in [-0.25, -0.2) is 4.68 Å². The lowest BCUT2D eigenvalue weighted by molar-refractivity contribution is 0.266. The van der Waals surface area contributed by atoms with Crippen molar-refractivity contribution >= 4 is 17.3 Å². The van der Waals surface area contributed by atoms with Crippen molar-refractivity contribution < 1.29 is 5.11 Å². The van der Waals surface area contributed by atoms with Gasteiger partial charge in [0, 0.05) is 6.54 Å². The molecule has 1 saturated carbocycles. The van der Waals surface area contributed by atoms with Crippen LogP contribution in [0, 0.1) is 11.8 Å². The number of aliphatic hydroxyl groups is 1. The number of aliphatic hydroxyl groups excluding tert-OH is 1. The third-order valence-corrected chi connectivity index (χ3v) is 4.26. The molecule has 1 aromatic heterocycles. The van der Waals surface area contributed by atoms with Gasteiger partial charge in [-0.15, -0.1) is 0 Å². The second-order valence-electron chi connectivity index (χ2n) is 5.17. The van der Waals surface area contributed by atoms with Gasteiger partial charge in [-0.05, 0) is 18.3 Å². The van der Waals surface area contributed by atoms with E-state index in [0.717, 1.165) is 6.54 Å². The van der Waals surface area contributed by atoms with Crippen molar-refractivity contribution in [2.24, 2.45) is 11.8 Å². The molecule has 106 valence electrons. The molecule has 2 atom stereocenters. The Kier molecular flexibility index (Phi) is 4.82. The molecule has 0 bridgehead atoms. The fraction of sp³-hybridized carbons (Fsp3) is 0.692. The van der Waals surface area contributed by atoms with Crippen LogP contribution >= 0.6 is 11.6 Å². The summed E-state index contributed by atoms with van der Waals surface area (Å²) in [5.74, 6) is 1.35. The van der Waals surface area contributed by atoms with E-state index in [2.05, 4.69) is 17.3 Å². The Bertz CT molecular complexity index is 489. The van der Waals surface area contributed by atoms with Crippen molar-refractivity contribution in [2.75, 3.05) is 18.5 Å². The zero-order valence-corrected chi connectivity index (χ0v) is 11.9. The minimum Gasteiger partial charge on any atom is -0.394 e. The number of anilines is 1. The first-order chi connectivity index (χ1) is 9.13. The fourth-order valence-corrected chi connectivity index (χ4v) is 2.82. The SMILES string of the molecule is CC1CCCC1CNc1cnn(CCO)c(=O)c1Cl. The minimum absolute atomic E-state index is 0.129. The first kappa shape index (κ1) is 14.3. The molecule has 0 saturated heterocycles. The van der Waals surface area contributed by atoms with E-state index in [1.807, 2.05) is 0 Å². The van der Waals surface area contributed by atoms with E-state index in [4.69, 9.17) is 16.7 Å². The molecular formula is C13H20ClN3O2. The maximum Gasteiger partial charge on any atom is 0.287 e. The van der Waals surface area contributed by atoms with E-state index < -0.39 is 0 Å². The lowest BCUT2D eigenvalue weighted by Gasteiger charge is -2.17. The molecule has 0 radical (unpaired) electrons. The van der Waals surface area contributed by atoms with E-state index in [-0.39, 0.29) is 23.7 Å². The summed E-state index contributed by atoms with van der Waals surface area (Å²) in [6.07, 6.45) is 5.33. The standard InChI is InChI=1S/C13H20ClN3O2/c1-9-3-2-4-10(9)7-15-11-8-16-17(5-6-18)13(19)12(11)14/h8-10,15,18H,2-7H2,1H3. The van der Waals surface area contributed by atoms with E-state index in [1.165, 1.54) is 23.9 Å². The van der Waals surface area contributed by atoms with Gasteiger partial charge in [0.1, 0.15) is 5.02 Å². The number of nitrogens with one attached hydrogen (secondary N) is 1. The molecular weight excluding hydrogens is 266 g/mol. The minimum atomic E-state index is -0.361. The molecule has 6 heteroatoms. The van der Waals surface area contributed by atoms with Crippen LogP contribution in [0.4, 0.5) is 5.69 Å². The Morgan fingerprint density at radius 3 is 3.00 bits per heavy atom. The molecule has 1 aromatic rings. The molecule has 0 spiro atoms. The van der Waals surface area contributed by atoms with Crippen LogP contribution in [0.2, 0.25) is 5.02 Å². The van der Waals surface area contributed by atoms with Crippen LogP contribution in [0.1, 0.15) is 26.2 Å². The number of hydrogen-bond donors (Lipinski definition) is 2. The van der Waals surface area contributed by atoms with E-state index >= 15 is 0 Å². The number of aromatic nitrogens is 2. The van der Waals surface area contributed by atoms with Crippen LogP contribution in [0.15, 0.2) is 11.0 Å². The molecule has 1 heterocycles. The van der Waals surface area contributed by atoms with Gasteiger partial charge in [0.25, 0.3) is 5.56 Å². The van der Waals surface area contributed by atoms with Crippen LogP contribution in [0.25, 0.3) is 0 Å². The normalized spacial score (nSPS) is 22.7. The van der Waals surface area contributed by atoms with Gasteiger partial charge in [-0.3, -0.25) is 4.79 Å². The van der Waals surface area contributed by atoms with E-state index in [9.17, 15) is 4.79 Å². The molecule has 2 unspecified atom stereocenters. The van der Waals surface area contributed by atoms with Gasteiger partial charge in [0.2, 0.25) is 0 Å². The van der Waals surface area contributed by atoms with Crippen LogP contribution < -0.4 is 10.9 Å². The average molecular weight is 286 g/mol. The molecule has 2 rings (SSSR count). The van der Waals surface area contributed by atoms with Crippen LogP contribution in [-0.4, -0.2) is 28.0 Å². The Balaban J connectivity index is 2.04. The van der Waals surface area contributed by atoms with E-state index in [1.54, 1.807) is 6.20 Å². The number of nitrogens with zero attached hydrogens (tertiary/aromatic N) is 2. The molecule has 2 N–H and O–H groups in total. The third kappa shape index (κ3) is 3.28. The molecule has 0 aromatic carbocycles. The van der Waals surface area contributed by atoms with Gasteiger partial charge in [0.05, 0.1) is 25.0 Å². The Labute approximate surface area is 117 Å². The highest BCUT2D eigenvalue weighted by molar-refractivity contribution is 6.32. The summed E-state index contributed by atoms with van der Waals surface area (Å²) in [4.78, 5) is 11.9. The predicted octanol–water partition coefficient (Wildman–Crippen LogP) is 1.74. The molecule has 19 heavy (non-hydrogen) atoms. The monoisotopic (exact) mass is 285 g/mol. The summed E-state index contributed by atoms with van der Waals surface area (Å²) in [5.41, 5.74) is 0.222. The molecule has 1 aliphatic rings. The van der Waals surface area contributed by atoms with Gasteiger partial charge in [-0.2, -0.15) is 5.10 Å². The average Bonchev–Trinajstić information content (AvgIpc) is 2.80. The Morgan fingerprint density at radius 2 is 2.37 bits per heavy atom. The highest BCUT2D eigenvalue weighted by Crippen LogP contribution is 2.31. The maximum absolute atomic E-state index is 11.9. The first-order valence-electron chi connectivity index (χ1n) is 6.74. The van der Waals surface area contributed by atoms with Crippen LogP contribution in [0.5, 0.6) is 0 Å². The van der Waals surface area contributed by atoms with Gasteiger partial charge in [-0.1, -0.05) is 31.4 Å². The van der Waals surface area contributed by atoms with Gasteiger partial charge < -0.3 is 10.4 Å². The Morgan fingerprint density at radius 1 is 1.58 bits per heavy atom. The number of rotatable bonds is 5. The molecule has 0 aliphatic heterocycles. The van der Waals surface area contributed by atoms with Crippen molar-refractivity contribution in [2.45, 2.75) is 32.7 Å². The van der Waals surface area contributed by atoms with Gasteiger partial charge in [0.15, 0.2) is 0 Å². The maximum atomic E-state index is 11.9. The summed E-state index contributed by atoms with van der Waals surface area (Å²) in [6.45, 7) is 3.12. The second-order valence-corrected chi connectivity index (χ2v) is 5.55. The number of halogens is 1. The molecule has 0 amide bonds. The smallest absolute Gasteiger partial charge is 0.287 e. The fourth-order valence-electron chi connectivity index (χ4n) is 2.61. The summed E-state index contributed by atoms with van der Waals surface area (Å²) < 4.78 is 1.17. The van der Waals surface area contributed by atoms with Gasteiger partial charge >= 0.3 is 0 Å². The Hall–Kier alpha value is -1.07. The first-order valence-corrected chi connectivity index (χ1v) is 7.11. The lowest BCUT2D eigenvalue weighted by Crippen LogP contribution is -2.26. The number of hydrogen-bond acceptors (Lipinski definition) is 4. The topological polar surface area (TPSA) is 67.2 Å². The highest BCUT2D eigenvalue weighted by atomic mass is 35.5. The summed E-state index contributed by atoms with van der Waals surface area (Å²) >= 11 is 6.04. The van der Waals surface area contributed by atoms with Crippen molar-refractivity contribution in [1.29, 1.82) is 0 Å². The second kappa shape index (κ2) is 6.39. The van der Waals surface area contributed by atoms with Crippen molar-refractivity contribution in [3.63, 3.8) is 0 Å². The summed E-state index contributed by atoms with van der Waals surface area (Å²) in [7, 11) is 0. The van der Waals surface area contributed by atoms with Crippen molar-refractivity contribution in [3.05, 3.63) is 21.6 Å². The van der Waals surface area contributed by atoms with E-state index in [0.29, 0.717) is 17.5 Å². The lowest BCUT2D eigenvalue weighted by atomic mass is 9.98. The quantitative estimate of drug-likeness (QED) is 0.865. The summed E-state index contributed by atoms with van der Waals surface area (Å²) in [5, 5.41) is 16.2. The van der Waals surface area contributed by atoms with Crippen molar-refractivity contribution in [3.8, 4) is 0 Å². The zero-order valence-electron chi connectivity index (χ0n) is 11.1. The molecule has 1 aliphatic carbocycles.